The van der Waals surface area contributed by atoms with E-state index in [4.69, 9.17) is 23.2 Å². The van der Waals surface area contributed by atoms with Gasteiger partial charge in [0.2, 0.25) is 0 Å². The summed E-state index contributed by atoms with van der Waals surface area (Å²) in [5, 5.41) is 1.23. The maximum atomic E-state index is 13.9. The van der Waals surface area contributed by atoms with Gasteiger partial charge in [-0.25, -0.2) is 17.8 Å². The number of rotatable bonds is 4. The van der Waals surface area contributed by atoms with Crippen molar-refractivity contribution in [2.24, 2.45) is 0 Å². The van der Waals surface area contributed by atoms with Gasteiger partial charge in [-0.1, -0.05) is 41.4 Å². The summed E-state index contributed by atoms with van der Waals surface area (Å²) >= 11 is 12.3. The molecule has 9 heteroatoms. The monoisotopic (exact) mass is 447 g/mol. The average Bonchev–Trinajstić information content (AvgIpc) is 2.70. The van der Waals surface area contributed by atoms with Crippen LogP contribution >= 0.6 is 23.2 Å². The van der Waals surface area contributed by atoms with Crippen molar-refractivity contribution < 1.29 is 12.8 Å². The van der Waals surface area contributed by atoms with Gasteiger partial charge in [-0.2, -0.15) is 0 Å². The number of pyridine rings is 2. The van der Waals surface area contributed by atoms with Crippen LogP contribution in [0.1, 0.15) is 0 Å². The predicted octanol–water partition coefficient (Wildman–Crippen LogP) is 5.54. The third-order valence-corrected chi connectivity index (χ3v) is 6.26. The molecule has 2 aromatic carbocycles. The van der Waals surface area contributed by atoms with E-state index < -0.39 is 20.7 Å². The molecule has 2 aromatic heterocycles. The fraction of sp³-hybridized carbons (Fsp3) is 0. The van der Waals surface area contributed by atoms with Crippen LogP contribution in [0.15, 0.2) is 71.9 Å². The first-order valence-electron chi connectivity index (χ1n) is 8.33. The number of fused-ring (bicyclic) bond motifs is 1. The molecule has 2 heterocycles. The second-order valence-corrected chi connectivity index (χ2v) is 8.54. The molecule has 0 saturated carbocycles. The second-order valence-electron chi connectivity index (χ2n) is 6.12. The molecule has 0 aliphatic heterocycles. The van der Waals surface area contributed by atoms with Crippen LogP contribution < -0.4 is 4.72 Å². The summed E-state index contributed by atoms with van der Waals surface area (Å²) in [7, 11) is -4.19. The van der Waals surface area contributed by atoms with Crippen molar-refractivity contribution in [3.63, 3.8) is 0 Å². The zero-order valence-corrected chi connectivity index (χ0v) is 16.9. The van der Waals surface area contributed by atoms with Gasteiger partial charge in [-0.15, -0.1) is 0 Å². The Morgan fingerprint density at radius 2 is 1.72 bits per heavy atom. The number of aromatic nitrogens is 2. The minimum atomic E-state index is -4.19. The second kappa shape index (κ2) is 7.59. The van der Waals surface area contributed by atoms with Crippen molar-refractivity contribution in [3.05, 3.63) is 83.0 Å². The Bertz CT molecular complexity index is 1350. The van der Waals surface area contributed by atoms with Crippen LogP contribution in [0.25, 0.3) is 22.0 Å². The number of sulfonamides is 1. The van der Waals surface area contributed by atoms with Gasteiger partial charge < -0.3 is 0 Å². The van der Waals surface area contributed by atoms with Crippen LogP contribution in [0.3, 0.4) is 0 Å². The van der Waals surface area contributed by atoms with Gasteiger partial charge in [-0.3, -0.25) is 9.71 Å². The van der Waals surface area contributed by atoms with Gasteiger partial charge >= 0.3 is 0 Å². The van der Waals surface area contributed by atoms with Crippen molar-refractivity contribution in [1.29, 1.82) is 0 Å². The number of nitrogens with one attached hydrogen (secondary N) is 1. The first-order valence-corrected chi connectivity index (χ1v) is 10.6. The fourth-order valence-electron chi connectivity index (χ4n) is 2.83. The first kappa shape index (κ1) is 19.6. The molecule has 0 aliphatic carbocycles. The van der Waals surface area contributed by atoms with Crippen molar-refractivity contribution in [1.82, 2.24) is 9.97 Å². The highest BCUT2D eigenvalue weighted by molar-refractivity contribution is 7.92. The number of halogens is 3. The largest absolute Gasteiger partial charge is 0.276 e. The molecule has 29 heavy (non-hydrogen) atoms. The molecule has 0 radical (unpaired) electrons. The third-order valence-electron chi connectivity index (χ3n) is 4.23. The molecule has 0 unspecified atom stereocenters. The molecule has 0 fully saturated rings. The van der Waals surface area contributed by atoms with Crippen molar-refractivity contribution in [2.45, 2.75) is 4.90 Å². The van der Waals surface area contributed by atoms with Crippen molar-refractivity contribution in [3.8, 4) is 11.1 Å². The lowest BCUT2D eigenvalue weighted by Gasteiger charge is -2.12. The number of nitrogens with zero attached hydrogens (tertiary/aromatic N) is 2. The van der Waals surface area contributed by atoms with Crippen LogP contribution in [0.4, 0.5) is 10.1 Å². The molecule has 146 valence electrons. The lowest BCUT2D eigenvalue weighted by atomic mass is 10.0. The lowest BCUT2D eigenvalue weighted by molar-refractivity contribution is 0.570. The van der Waals surface area contributed by atoms with Crippen LogP contribution in [-0.2, 0) is 10.0 Å². The number of hydrogen-bond donors (Lipinski definition) is 1. The van der Waals surface area contributed by atoms with Crippen LogP contribution in [0.5, 0.6) is 0 Å². The summed E-state index contributed by atoms with van der Waals surface area (Å²) < 4.78 is 41.4. The van der Waals surface area contributed by atoms with E-state index in [2.05, 4.69) is 14.7 Å². The maximum Gasteiger partial charge on any atom is 0.264 e. The van der Waals surface area contributed by atoms with Crippen LogP contribution in [0.2, 0.25) is 10.2 Å². The molecule has 0 bridgehead atoms. The van der Waals surface area contributed by atoms with E-state index >= 15 is 0 Å². The quantitative estimate of drug-likeness (QED) is 0.416. The summed E-state index contributed by atoms with van der Waals surface area (Å²) in [6.45, 7) is 0. The van der Waals surface area contributed by atoms with E-state index in [0.29, 0.717) is 10.6 Å². The normalized spacial score (nSPS) is 11.6. The van der Waals surface area contributed by atoms with Gasteiger partial charge in [0, 0.05) is 23.3 Å². The first-order chi connectivity index (χ1) is 13.8. The highest BCUT2D eigenvalue weighted by Crippen LogP contribution is 2.32. The third kappa shape index (κ3) is 3.89. The Kier molecular flexibility index (Phi) is 5.12. The summed E-state index contributed by atoms with van der Waals surface area (Å²) in [6, 6.07) is 13.7. The number of benzene rings is 2. The lowest BCUT2D eigenvalue weighted by Crippen LogP contribution is -2.15. The Morgan fingerprint density at radius 3 is 2.52 bits per heavy atom. The zero-order valence-electron chi connectivity index (χ0n) is 14.6. The summed E-state index contributed by atoms with van der Waals surface area (Å²) in [4.78, 5) is 7.82. The van der Waals surface area contributed by atoms with Gasteiger partial charge in [0.25, 0.3) is 10.0 Å². The molecule has 0 atom stereocenters. The van der Waals surface area contributed by atoms with E-state index in [1.807, 2.05) is 12.1 Å². The number of anilines is 1. The van der Waals surface area contributed by atoms with E-state index in [1.165, 1.54) is 30.5 Å². The highest BCUT2D eigenvalue weighted by Gasteiger charge is 2.20. The van der Waals surface area contributed by atoms with Gasteiger partial charge in [-0.05, 0) is 42.0 Å². The molecule has 0 spiro atoms. The zero-order chi connectivity index (χ0) is 20.6. The summed E-state index contributed by atoms with van der Waals surface area (Å²) in [5.74, 6) is -0.864. The van der Waals surface area contributed by atoms with Crippen molar-refractivity contribution >= 4 is 49.8 Å². The van der Waals surface area contributed by atoms with Crippen LogP contribution in [0, 0.1) is 5.82 Å². The minimum absolute atomic E-state index is 0.0322. The molecule has 0 aliphatic rings. The Morgan fingerprint density at radius 1 is 0.931 bits per heavy atom. The summed E-state index contributed by atoms with van der Waals surface area (Å²) in [6.07, 6.45) is 3.12. The molecule has 4 rings (SSSR count). The SMILES string of the molecule is O=S(=O)(Nc1cc(-c2ccc3nccc(Cl)c3c2)cnc1Cl)c1ccccc1F. The van der Waals surface area contributed by atoms with E-state index in [-0.39, 0.29) is 10.8 Å². The molecular formula is C20H12Cl2FN3O2S. The molecule has 5 nitrogen and oxygen atoms in total. The smallest absolute Gasteiger partial charge is 0.264 e. The van der Waals surface area contributed by atoms with Crippen molar-refractivity contribution in [2.75, 3.05) is 4.72 Å². The van der Waals surface area contributed by atoms with Gasteiger partial charge in [0.05, 0.1) is 16.2 Å². The Balaban J connectivity index is 1.75. The fourth-order valence-corrected chi connectivity index (χ4v) is 4.38. The topological polar surface area (TPSA) is 72.0 Å². The van der Waals surface area contributed by atoms with Gasteiger partial charge in [0.15, 0.2) is 5.15 Å². The standard InChI is InChI=1S/C20H12Cl2FN3O2S/c21-15-7-8-24-17-6-5-12(9-14(15)17)13-10-18(20(22)25-11-13)26-29(27,28)19-4-2-1-3-16(19)23/h1-11,26H. The molecular weight excluding hydrogens is 436 g/mol. The highest BCUT2D eigenvalue weighted by atomic mass is 35.5. The molecule has 1 N–H and O–H groups in total. The number of hydrogen-bond acceptors (Lipinski definition) is 4. The predicted molar refractivity (Wildman–Crippen MR) is 112 cm³/mol. The average molecular weight is 448 g/mol. The minimum Gasteiger partial charge on any atom is -0.276 e. The molecule has 0 amide bonds. The Hall–Kier alpha value is -2.74. The van der Waals surface area contributed by atoms with Gasteiger partial charge in [0.1, 0.15) is 10.7 Å². The summed E-state index contributed by atoms with van der Waals surface area (Å²) in [5.41, 5.74) is 2.10. The molecule has 0 saturated heterocycles. The van der Waals surface area contributed by atoms with E-state index in [1.54, 1.807) is 18.3 Å². The van der Waals surface area contributed by atoms with E-state index in [9.17, 15) is 12.8 Å². The van der Waals surface area contributed by atoms with Crippen LogP contribution in [-0.4, -0.2) is 18.4 Å². The maximum absolute atomic E-state index is 13.9. The van der Waals surface area contributed by atoms with E-state index in [0.717, 1.165) is 22.5 Å². The molecule has 4 aromatic rings. The Labute approximate surface area is 176 Å².